The lowest BCUT2D eigenvalue weighted by Crippen LogP contribution is -2.49. The van der Waals surface area contributed by atoms with Crippen LogP contribution in [0.1, 0.15) is 31.5 Å². The van der Waals surface area contributed by atoms with E-state index < -0.39 is 12.1 Å². The Morgan fingerprint density at radius 3 is 2.68 bits per heavy atom. The van der Waals surface area contributed by atoms with Gasteiger partial charge in [-0.15, -0.1) is 0 Å². The molecule has 0 aromatic carbocycles. The number of likely N-dealkylation sites (N-methyl/N-ethyl adjacent to an activating group) is 1. The summed E-state index contributed by atoms with van der Waals surface area (Å²) in [5.41, 5.74) is 0. The van der Waals surface area contributed by atoms with Crippen LogP contribution in [0.4, 0.5) is 4.79 Å². The zero-order valence-electron chi connectivity index (χ0n) is 15.6. The summed E-state index contributed by atoms with van der Waals surface area (Å²) in [5, 5.41) is 2.53. The van der Waals surface area contributed by atoms with E-state index in [-0.39, 0.29) is 5.91 Å². The molecule has 1 atom stereocenters. The Hall–Kier alpha value is -2.09. The van der Waals surface area contributed by atoms with Gasteiger partial charge in [0.05, 0.1) is 7.11 Å². The number of nitrogens with zero attached hydrogens (tertiary/aromatic N) is 4. The first kappa shape index (κ1) is 19.2. The smallest absolute Gasteiger partial charge is 0.407 e. The van der Waals surface area contributed by atoms with Crippen molar-refractivity contribution in [3.8, 4) is 0 Å². The fraction of sp³-hybridized carbons (Fsp3) is 0.706. The molecule has 8 heteroatoms. The Kier molecular flexibility index (Phi) is 6.81. The van der Waals surface area contributed by atoms with Gasteiger partial charge in [-0.3, -0.25) is 4.79 Å². The van der Waals surface area contributed by atoms with Crippen molar-refractivity contribution in [3.63, 3.8) is 0 Å². The molecule has 2 rings (SSSR count). The maximum atomic E-state index is 12.4. The van der Waals surface area contributed by atoms with Crippen LogP contribution in [0.15, 0.2) is 12.4 Å². The third kappa shape index (κ3) is 5.19. The van der Waals surface area contributed by atoms with Crippen LogP contribution in [-0.4, -0.2) is 78.2 Å². The summed E-state index contributed by atoms with van der Waals surface area (Å²) in [4.78, 5) is 32.2. The van der Waals surface area contributed by atoms with E-state index in [4.69, 9.17) is 0 Å². The second kappa shape index (κ2) is 8.84. The second-order valence-corrected chi connectivity index (χ2v) is 6.74. The number of carbonyl (C=O) groups excluding carboxylic acids is 2. The van der Waals surface area contributed by atoms with Crippen LogP contribution in [-0.2, 0) is 16.1 Å². The zero-order chi connectivity index (χ0) is 18.4. The van der Waals surface area contributed by atoms with Gasteiger partial charge in [0.1, 0.15) is 11.9 Å². The minimum absolute atomic E-state index is 0.0696. The summed E-state index contributed by atoms with van der Waals surface area (Å²) in [6, 6.07) is -0.578. The van der Waals surface area contributed by atoms with E-state index in [1.54, 1.807) is 6.92 Å². The number of methoxy groups -OCH3 is 1. The Balaban J connectivity index is 1.88. The molecule has 0 bridgehead atoms. The van der Waals surface area contributed by atoms with Crippen molar-refractivity contribution in [1.29, 1.82) is 0 Å². The number of aromatic nitrogens is 2. The number of rotatable bonds is 6. The highest BCUT2D eigenvalue weighted by atomic mass is 16.5. The lowest BCUT2D eigenvalue weighted by Gasteiger charge is -2.33. The van der Waals surface area contributed by atoms with Crippen molar-refractivity contribution in [2.75, 3.05) is 40.8 Å². The van der Waals surface area contributed by atoms with Gasteiger partial charge in [0.2, 0.25) is 5.91 Å². The zero-order valence-corrected chi connectivity index (χ0v) is 15.6. The van der Waals surface area contributed by atoms with Gasteiger partial charge in [-0.25, -0.2) is 9.78 Å². The number of amides is 2. The van der Waals surface area contributed by atoms with Crippen LogP contribution in [0.25, 0.3) is 0 Å². The van der Waals surface area contributed by atoms with Crippen LogP contribution >= 0.6 is 0 Å². The molecule has 1 aliphatic rings. The van der Waals surface area contributed by atoms with E-state index >= 15 is 0 Å². The highest BCUT2D eigenvalue weighted by Gasteiger charge is 2.29. The van der Waals surface area contributed by atoms with Gasteiger partial charge in [-0.1, -0.05) is 0 Å². The summed E-state index contributed by atoms with van der Waals surface area (Å²) in [5.74, 6) is 1.40. The predicted octanol–water partition coefficient (Wildman–Crippen LogP) is 0.895. The maximum absolute atomic E-state index is 12.4. The summed E-state index contributed by atoms with van der Waals surface area (Å²) < 4.78 is 6.75. The number of imidazole rings is 1. The number of carbonyl (C=O) groups is 2. The van der Waals surface area contributed by atoms with Gasteiger partial charge in [0, 0.05) is 44.5 Å². The molecule has 1 N–H and O–H groups in total. The molecule has 0 spiro atoms. The molecule has 8 nitrogen and oxygen atoms in total. The van der Waals surface area contributed by atoms with Crippen molar-refractivity contribution in [3.05, 3.63) is 18.2 Å². The Labute approximate surface area is 149 Å². The predicted molar refractivity (Wildman–Crippen MR) is 94.3 cm³/mol. The molecule has 140 valence electrons. The number of hydrogen-bond donors (Lipinski definition) is 1. The Morgan fingerprint density at radius 2 is 2.08 bits per heavy atom. The quantitative estimate of drug-likeness (QED) is 0.824. The topological polar surface area (TPSA) is 79.7 Å². The first-order chi connectivity index (χ1) is 11.9. The molecule has 1 fully saturated rings. The first-order valence-electron chi connectivity index (χ1n) is 8.71. The van der Waals surface area contributed by atoms with E-state index in [0.717, 1.165) is 31.8 Å². The molecule has 1 aromatic rings. The van der Waals surface area contributed by atoms with Gasteiger partial charge in [-0.2, -0.15) is 0 Å². The molecule has 0 radical (unpaired) electrons. The maximum Gasteiger partial charge on any atom is 0.407 e. The molecule has 1 aromatic heterocycles. The number of hydrogen-bond acceptors (Lipinski definition) is 5. The normalized spacial score (nSPS) is 16.8. The average Bonchev–Trinajstić information content (AvgIpc) is 3.07. The molecule has 2 amide bonds. The lowest BCUT2D eigenvalue weighted by atomic mass is 9.95. The first-order valence-corrected chi connectivity index (χ1v) is 8.71. The summed E-state index contributed by atoms with van der Waals surface area (Å²) in [7, 11) is 5.41. The fourth-order valence-corrected chi connectivity index (χ4v) is 3.11. The molecular weight excluding hydrogens is 322 g/mol. The number of nitrogens with one attached hydrogen (secondary N) is 1. The molecule has 25 heavy (non-hydrogen) atoms. The van der Waals surface area contributed by atoms with Gasteiger partial charge in [0.15, 0.2) is 0 Å². The van der Waals surface area contributed by atoms with E-state index in [2.05, 4.69) is 38.6 Å². The molecule has 0 aliphatic carbocycles. The highest BCUT2D eigenvalue weighted by Crippen LogP contribution is 2.27. The molecule has 2 heterocycles. The molecule has 0 unspecified atom stereocenters. The monoisotopic (exact) mass is 351 g/mol. The van der Waals surface area contributed by atoms with Crippen molar-refractivity contribution < 1.29 is 14.3 Å². The number of piperidine rings is 1. The molecule has 0 saturated carbocycles. The minimum Gasteiger partial charge on any atom is -0.453 e. The van der Waals surface area contributed by atoms with Crippen molar-refractivity contribution in [2.24, 2.45) is 0 Å². The summed E-state index contributed by atoms with van der Waals surface area (Å²) >= 11 is 0. The minimum atomic E-state index is -0.585. The van der Waals surface area contributed by atoms with Crippen LogP contribution in [0, 0.1) is 0 Å². The van der Waals surface area contributed by atoms with Crippen LogP contribution in [0.3, 0.4) is 0 Å². The Bertz CT molecular complexity index is 579. The summed E-state index contributed by atoms with van der Waals surface area (Å²) in [6.07, 6.45) is 5.06. The number of likely N-dealkylation sites (tertiary alicyclic amines) is 1. The van der Waals surface area contributed by atoms with Crippen LogP contribution < -0.4 is 5.32 Å². The number of ether oxygens (including phenoxy) is 1. The lowest BCUT2D eigenvalue weighted by molar-refractivity contribution is -0.134. The standard InChI is InChI=1S/C17H29N5O3/c1-13(19-17(24)25-4)16(23)22-8-5-14(6-9-22)15-18-7-10-21(15)12-11-20(2)3/h7,10,13-14H,5-6,8-9,11-12H2,1-4H3,(H,19,24)/t13-/m1/s1. The molecular formula is C17H29N5O3. The fourth-order valence-electron chi connectivity index (χ4n) is 3.11. The van der Waals surface area contributed by atoms with E-state index in [0.29, 0.717) is 19.0 Å². The van der Waals surface area contributed by atoms with Crippen LogP contribution in [0.5, 0.6) is 0 Å². The van der Waals surface area contributed by atoms with E-state index in [9.17, 15) is 9.59 Å². The van der Waals surface area contributed by atoms with Crippen LogP contribution in [0.2, 0.25) is 0 Å². The largest absolute Gasteiger partial charge is 0.453 e. The third-order valence-electron chi connectivity index (χ3n) is 4.60. The second-order valence-electron chi connectivity index (χ2n) is 6.74. The molecule has 1 aliphatic heterocycles. The SMILES string of the molecule is COC(=O)N[C@H](C)C(=O)N1CCC(c2nccn2CCN(C)C)CC1. The van der Waals surface area contributed by atoms with Gasteiger partial charge < -0.3 is 24.4 Å². The van der Waals surface area contributed by atoms with E-state index in [1.807, 2.05) is 17.3 Å². The van der Waals surface area contributed by atoms with Gasteiger partial charge in [0.25, 0.3) is 0 Å². The molecule has 1 saturated heterocycles. The van der Waals surface area contributed by atoms with Gasteiger partial charge in [-0.05, 0) is 33.9 Å². The van der Waals surface area contributed by atoms with Crippen molar-refractivity contribution in [1.82, 2.24) is 24.7 Å². The third-order valence-corrected chi connectivity index (χ3v) is 4.60. The average molecular weight is 351 g/mol. The van der Waals surface area contributed by atoms with Crippen molar-refractivity contribution >= 4 is 12.0 Å². The van der Waals surface area contributed by atoms with E-state index in [1.165, 1.54) is 7.11 Å². The highest BCUT2D eigenvalue weighted by molar-refractivity contribution is 5.85. The Morgan fingerprint density at radius 1 is 1.40 bits per heavy atom. The van der Waals surface area contributed by atoms with Gasteiger partial charge >= 0.3 is 6.09 Å². The summed E-state index contributed by atoms with van der Waals surface area (Å²) in [6.45, 7) is 4.92. The van der Waals surface area contributed by atoms with Crippen molar-refractivity contribution in [2.45, 2.75) is 38.3 Å². The number of alkyl carbamates (subject to hydrolysis) is 1.